The zero-order chi connectivity index (χ0) is 19.9. The molecular weight excluding hydrogens is 326 g/mol. The Morgan fingerprint density at radius 1 is 0.840 bits per heavy atom. The topological polar surface area (TPSA) is 95.7 Å². The quantitative estimate of drug-likeness (QED) is 0.350. The van der Waals surface area contributed by atoms with Gasteiger partial charge in [0.2, 0.25) is 5.54 Å². The molecule has 0 aromatic carbocycles. The summed E-state index contributed by atoms with van der Waals surface area (Å²) in [6.07, 6.45) is 0.880. The maximum atomic E-state index is 11.9. The summed E-state index contributed by atoms with van der Waals surface area (Å²) < 4.78 is 10.5. The van der Waals surface area contributed by atoms with E-state index in [-0.39, 0.29) is 30.6 Å². The largest absolute Gasteiger partial charge is 0.460 e. The third kappa shape index (κ3) is 10.0. The highest BCUT2D eigenvalue weighted by molar-refractivity contribution is 5.70. The Hall–Kier alpha value is -1.66. The summed E-state index contributed by atoms with van der Waals surface area (Å²) in [6.45, 7) is 12.3. The molecule has 0 spiro atoms. The first-order valence-electron chi connectivity index (χ1n) is 8.79. The van der Waals surface area contributed by atoms with E-state index in [4.69, 9.17) is 9.47 Å². The van der Waals surface area contributed by atoms with Gasteiger partial charge in [-0.05, 0) is 48.0 Å². The van der Waals surface area contributed by atoms with Crippen molar-refractivity contribution in [3.05, 3.63) is 10.1 Å². The van der Waals surface area contributed by atoms with E-state index >= 15 is 0 Å². The molecule has 0 amide bonds. The number of esters is 2. The van der Waals surface area contributed by atoms with E-state index in [1.54, 1.807) is 41.5 Å². The molecule has 0 unspecified atom stereocenters. The van der Waals surface area contributed by atoms with E-state index in [2.05, 4.69) is 0 Å². The summed E-state index contributed by atoms with van der Waals surface area (Å²) in [5, 5.41) is 11.7. The van der Waals surface area contributed by atoms with Gasteiger partial charge in [-0.3, -0.25) is 19.7 Å². The van der Waals surface area contributed by atoms with Gasteiger partial charge >= 0.3 is 11.9 Å². The van der Waals surface area contributed by atoms with Crippen LogP contribution in [-0.2, 0) is 19.1 Å². The molecule has 7 nitrogen and oxygen atoms in total. The minimum atomic E-state index is -1.32. The van der Waals surface area contributed by atoms with Crippen molar-refractivity contribution in [3.8, 4) is 0 Å². The molecule has 7 heteroatoms. The molecule has 0 aliphatic heterocycles. The predicted octanol–water partition coefficient (Wildman–Crippen LogP) is 4.05. The van der Waals surface area contributed by atoms with Gasteiger partial charge in [0.1, 0.15) is 11.2 Å². The Bertz CT molecular complexity index is 441. The van der Waals surface area contributed by atoms with Crippen molar-refractivity contribution < 1.29 is 24.0 Å². The van der Waals surface area contributed by atoms with Gasteiger partial charge in [0, 0.05) is 24.2 Å². The van der Waals surface area contributed by atoms with Crippen LogP contribution < -0.4 is 0 Å². The molecule has 0 saturated heterocycles. The second kappa shape index (κ2) is 9.15. The van der Waals surface area contributed by atoms with Gasteiger partial charge in [-0.25, -0.2) is 0 Å². The van der Waals surface area contributed by atoms with Crippen molar-refractivity contribution in [1.82, 2.24) is 0 Å². The number of hydrogen-bond donors (Lipinski definition) is 0. The summed E-state index contributed by atoms with van der Waals surface area (Å²) in [5.74, 6) is -0.931. The lowest BCUT2D eigenvalue weighted by Gasteiger charge is -2.26. The number of carbonyl (C=O) groups is 2. The van der Waals surface area contributed by atoms with Crippen LogP contribution in [0, 0.1) is 10.1 Å². The lowest BCUT2D eigenvalue weighted by molar-refractivity contribution is -0.574. The van der Waals surface area contributed by atoms with Crippen LogP contribution in [0.4, 0.5) is 0 Å². The number of ether oxygens (including phenoxy) is 2. The van der Waals surface area contributed by atoms with Crippen molar-refractivity contribution in [2.45, 2.75) is 104 Å². The molecule has 0 aromatic rings. The molecule has 146 valence electrons. The van der Waals surface area contributed by atoms with Crippen LogP contribution in [0.15, 0.2) is 0 Å². The lowest BCUT2D eigenvalue weighted by Crippen LogP contribution is -2.40. The Morgan fingerprint density at radius 2 is 1.20 bits per heavy atom. The van der Waals surface area contributed by atoms with Crippen molar-refractivity contribution in [2.24, 2.45) is 0 Å². The number of rotatable bonds is 9. The van der Waals surface area contributed by atoms with Crippen LogP contribution in [0.25, 0.3) is 0 Å². The molecular formula is C18H33NO6. The lowest BCUT2D eigenvalue weighted by atomic mass is 9.84. The standard InChI is InChI=1S/C18H33NO6/c1-8-11-18(19(22)23,12-9-14(20)24-16(2,3)4)13-10-15(21)25-17(5,6)7/h8-13H2,1-7H3. The highest BCUT2D eigenvalue weighted by Gasteiger charge is 2.42. The summed E-state index contributed by atoms with van der Waals surface area (Å²) >= 11 is 0. The van der Waals surface area contributed by atoms with Crippen molar-refractivity contribution in [1.29, 1.82) is 0 Å². The molecule has 0 heterocycles. The highest BCUT2D eigenvalue weighted by Crippen LogP contribution is 2.30. The molecule has 0 aliphatic carbocycles. The predicted molar refractivity (Wildman–Crippen MR) is 94.8 cm³/mol. The minimum Gasteiger partial charge on any atom is -0.460 e. The zero-order valence-corrected chi connectivity index (χ0v) is 16.6. The van der Waals surface area contributed by atoms with Gasteiger partial charge in [0.25, 0.3) is 0 Å². The molecule has 0 bridgehead atoms. The molecule has 0 N–H and O–H groups in total. The summed E-state index contributed by atoms with van der Waals surface area (Å²) in [6, 6.07) is 0. The molecule has 0 aromatic heterocycles. The van der Waals surface area contributed by atoms with Gasteiger partial charge in [0.05, 0.1) is 12.8 Å². The summed E-state index contributed by atoms with van der Waals surface area (Å²) in [4.78, 5) is 35.2. The second-order valence-corrected chi connectivity index (χ2v) is 8.40. The van der Waals surface area contributed by atoms with Crippen molar-refractivity contribution in [2.75, 3.05) is 0 Å². The Balaban J connectivity index is 4.98. The van der Waals surface area contributed by atoms with E-state index in [1.807, 2.05) is 6.92 Å². The van der Waals surface area contributed by atoms with Gasteiger partial charge in [0.15, 0.2) is 0 Å². The maximum Gasteiger partial charge on any atom is 0.306 e. The Morgan fingerprint density at radius 3 is 1.44 bits per heavy atom. The van der Waals surface area contributed by atoms with Crippen LogP contribution in [0.2, 0.25) is 0 Å². The molecule has 0 atom stereocenters. The molecule has 0 radical (unpaired) electrons. The first-order chi connectivity index (χ1) is 11.2. The van der Waals surface area contributed by atoms with E-state index < -0.39 is 28.7 Å². The summed E-state index contributed by atoms with van der Waals surface area (Å²) in [7, 11) is 0. The minimum absolute atomic E-state index is 0.0472. The molecule has 0 aliphatic rings. The fourth-order valence-corrected chi connectivity index (χ4v) is 2.57. The number of nitrogens with zero attached hydrogens (tertiary/aromatic N) is 1. The van der Waals surface area contributed by atoms with Crippen LogP contribution >= 0.6 is 0 Å². The second-order valence-electron chi connectivity index (χ2n) is 8.40. The van der Waals surface area contributed by atoms with Crippen LogP contribution in [0.5, 0.6) is 0 Å². The average Bonchev–Trinajstić information content (AvgIpc) is 2.37. The van der Waals surface area contributed by atoms with Crippen molar-refractivity contribution >= 4 is 11.9 Å². The van der Waals surface area contributed by atoms with E-state index in [9.17, 15) is 19.7 Å². The van der Waals surface area contributed by atoms with Crippen LogP contribution in [0.3, 0.4) is 0 Å². The van der Waals surface area contributed by atoms with Gasteiger partial charge in [-0.2, -0.15) is 0 Å². The zero-order valence-electron chi connectivity index (χ0n) is 16.6. The number of hydrogen-bond acceptors (Lipinski definition) is 6. The van der Waals surface area contributed by atoms with Gasteiger partial charge in [-0.15, -0.1) is 0 Å². The third-order valence-electron chi connectivity index (χ3n) is 3.53. The Kier molecular flexibility index (Phi) is 8.54. The Labute approximate surface area is 150 Å². The average molecular weight is 359 g/mol. The molecule has 0 fully saturated rings. The number of carbonyl (C=O) groups excluding carboxylic acids is 2. The first-order valence-corrected chi connectivity index (χ1v) is 8.79. The smallest absolute Gasteiger partial charge is 0.306 e. The normalized spacial score (nSPS) is 12.6. The molecule has 0 saturated carbocycles. The highest BCUT2D eigenvalue weighted by atomic mass is 16.6. The summed E-state index contributed by atoms with van der Waals surface area (Å²) in [5.41, 5.74) is -2.58. The number of nitro groups is 1. The maximum absolute atomic E-state index is 11.9. The monoisotopic (exact) mass is 359 g/mol. The van der Waals surface area contributed by atoms with Gasteiger partial charge < -0.3 is 9.47 Å². The van der Waals surface area contributed by atoms with E-state index in [0.717, 1.165) is 0 Å². The van der Waals surface area contributed by atoms with Crippen LogP contribution in [0.1, 0.15) is 87.0 Å². The SMILES string of the molecule is CCCC(CCC(=O)OC(C)(C)C)(CCC(=O)OC(C)(C)C)[N+](=O)[O-]. The van der Waals surface area contributed by atoms with Crippen LogP contribution in [-0.4, -0.2) is 33.6 Å². The molecule has 0 rings (SSSR count). The fraction of sp³-hybridized carbons (Fsp3) is 0.889. The van der Waals surface area contributed by atoms with Crippen molar-refractivity contribution in [3.63, 3.8) is 0 Å². The molecule has 25 heavy (non-hydrogen) atoms. The van der Waals surface area contributed by atoms with Gasteiger partial charge in [-0.1, -0.05) is 6.92 Å². The van der Waals surface area contributed by atoms with E-state index in [0.29, 0.717) is 12.8 Å². The first kappa shape index (κ1) is 23.3. The van der Waals surface area contributed by atoms with E-state index in [1.165, 1.54) is 0 Å². The fourth-order valence-electron chi connectivity index (χ4n) is 2.57. The third-order valence-corrected chi connectivity index (χ3v) is 3.53.